The molecule has 0 bridgehead atoms. The van der Waals surface area contributed by atoms with Crippen molar-refractivity contribution in [3.8, 4) is 0 Å². The maximum Gasteiger partial charge on any atom is 0.121 e. The van der Waals surface area contributed by atoms with Gasteiger partial charge in [-0.2, -0.15) is 0 Å². The molecule has 0 aliphatic carbocycles. The number of allylic oxidation sites excluding steroid dienone is 3. The van der Waals surface area contributed by atoms with Crippen LogP contribution in [0.5, 0.6) is 0 Å². The van der Waals surface area contributed by atoms with E-state index in [4.69, 9.17) is 0 Å². The van der Waals surface area contributed by atoms with E-state index < -0.39 is 0 Å². The molecule has 0 aromatic carbocycles. The smallest absolute Gasteiger partial charge is 0.121 e. The quantitative estimate of drug-likeness (QED) is 0.561. The van der Waals surface area contributed by atoms with Gasteiger partial charge in [0.25, 0.3) is 0 Å². The Bertz CT molecular complexity index is 310. The Morgan fingerprint density at radius 1 is 1.39 bits per heavy atom. The Morgan fingerprint density at radius 3 is 2.67 bits per heavy atom. The molecule has 0 saturated carbocycles. The van der Waals surface area contributed by atoms with Gasteiger partial charge in [-0.3, -0.25) is 0 Å². The van der Waals surface area contributed by atoms with Crippen LogP contribution in [0.1, 0.15) is 39.5 Å². The molecule has 0 aromatic rings. The van der Waals surface area contributed by atoms with Gasteiger partial charge in [0.15, 0.2) is 0 Å². The molecular formula is C15H27N3. The highest BCUT2D eigenvalue weighted by molar-refractivity contribution is 5.62. The lowest BCUT2D eigenvalue weighted by Crippen LogP contribution is -2.28. The van der Waals surface area contributed by atoms with Crippen LogP contribution in [0.15, 0.2) is 28.5 Å². The van der Waals surface area contributed by atoms with Crippen LogP contribution in [0.25, 0.3) is 0 Å². The van der Waals surface area contributed by atoms with Gasteiger partial charge in [-0.25, -0.2) is 4.99 Å². The Kier molecular flexibility index (Phi) is 7.42. The number of aliphatic imine (C=N–C) groups is 1. The second-order valence-corrected chi connectivity index (χ2v) is 4.65. The first kappa shape index (κ1) is 15.0. The molecule has 3 nitrogen and oxygen atoms in total. The fourth-order valence-electron chi connectivity index (χ4n) is 2.38. The molecule has 3 heteroatoms. The SMILES string of the molecule is C/C=C(\CC=NC(=CCC)NC)C1CCNCC1. The average molecular weight is 249 g/mol. The molecule has 0 aromatic heterocycles. The van der Waals surface area contributed by atoms with E-state index in [1.807, 2.05) is 13.3 Å². The standard InChI is InChI=1S/C15H27N3/c1-4-6-15(16-3)18-12-9-13(5-2)14-7-10-17-11-8-14/h5-6,12,14,16-17H,4,7-11H2,1-3H3/b13-5+,15-6?,18-12?. The van der Waals surface area contributed by atoms with Gasteiger partial charge in [0.1, 0.15) is 5.82 Å². The fourth-order valence-corrected chi connectivity index (χ4v) is 2.38. The Hall–Kier alpha value is -1.09. The topological polar surface area (TPSA) is 36.4 Å². The van der Waals surface area contributed by atoms with Crippen LogP contribution in [0, 0.1) is 5.92 Å². The van der Waals surface area contributed by atoms with Crippen molar-refractivity contribution in [2.24, 2.45) is 10.9 Å². The van der Waals surface area contributed by atoms with Gasteiger partial charge in [-0.1, -0.05) is 18.6 Å². The minimum atomic E-state index is 0.746. The molecule has 0 unspecified atom stereocenters. The number of nitrogens with one attached hydrogen (secondary N) is 2. The number of piperidine rings is 1. The Morgan fingerprint density at radius 2 is 2.11 bits per heavy atom. The van der Waals surface area contributed by atoms with Gasteiger partial charge in [0.05, 0.1) is 0 Å². The summed E-state index contributed by atoms with van der Waals surface area (Å²) in [6, 6.07) is 0. The Balaban J connectivity index is 2.48. The van der Waals surface area contributed by atoms with E-state index in [2.05, 4.69) is 41.6 Å². The maximum atomic E-state index is 4.48. The number of hydrogen-bond acceptors (Lipinski definition) is 3. The van der Waals surface area contributed by atoms with Crippen LogP contribution >= 0.6 is 0 Å². The van der Waals surface area contributed by atoms with Crippen molar-refractivity contribution >= 4 is 6.21 Å². The molecule has 0 atom stereocenters. The summed E-state index contributed by atoms with van der Waals surface area (Å²) >= 11 is 0. The van der Waals surface area contributed by atoms with Crippen LogP contribution < -0.4 is 10.6 Å². The van der Waals surface area contributed by atoms with Gasteiger partial charge in [-0.15, -0.1) is 0 Å². The summed E-state index contributed by atoms with van der Waals surface area (Å²) in [4.78, 5) is 4.48. The number of rotatable bonds is 6. The summed E-state index contributed by atoms with van der Waals surface area (Å²) in [7, 11) is 1.92. The lowest BCUT2D eigenvalue weighted by Gasteiger charge is -2.24. The first-order chi connectivity index (χ1) is 8.81. The third kappa shape index (κ3) is 5.05. The van der Waals surface area contributed by atoms with E-state index in [1.165, 1.54) is 18.4 Å². The van der Waals surface area contributed by atoms with Crippen molar-refractivity contribution in [1.82, 2.24) is 10.6 Å². The molecule has 1 fully saturated rings. The summed E-state index contributed by atoms with van der Waals surface area (Å²) in [5.74, 6) is 1.72. The van der Waals surface area contributed by atoms with Gasteiger partial charge in [0.2, 0.25) is 0 Å². The average Bonchev–Trinajstić information content (AvgIpc) is 2.43. The molecule has 0 amide bonds. The molecule has 1 saturated heterocycles. The summed E-state index contributed by atoms with van der Waals surface area (Å²) in [6.07, 6.45) is 10.9. The lowest BCUT2D eigenvalue weighted by molar-refractivity contribution is 0.417. The largest absolute Gasteiger partial charge is 0.373 e. The fraction of sp³-hybridized carbons (Fsp3) is 0.667. The summed E-state index contributed by atoms with van der Waals surface area (Å²) in [6.45, 7) is 6.57. The highest BCUT2D eigenvalue weighted by Crippen LogP contribution is 2.23. The summed E-state index contributed by atoms with van der Waals surface area (Å²) in [5.41, 5.74) is 1.53. The normalized spacial score (nSPS) is 19.5. The van der Waals surface area contributed by atoms with Gasteiger partial charge in [0, 0.05) is 19.7 Å². The monoisotopic (exact) mass is 249 g/mol. The predicted octanol–water partition coefficient (Wildman–Crippen LogP) is 2.86. The second kappa shape index (κ2) is 8.92. The van der Waals surface area contributed by atoms with Crippen LogP contribution in [0.4, 0.5) is 0 Å². The van der Waals surface area contributed by atoms with E-state index in [9.17, 15) is 0 Å². The number of hydrogen-bond donors (Lipinski definition) is 2. The summed E-state index contributed by atoms with van der Waals surface area (Å²) in [5, 5.41) is 6.52. The van der Waals surface area contributed by atoms with Gasteiger partial charge < -0.3 is 10.6 Å². The Labute approximate surface area is 111 Å². The van der Waals surface area contributed by atoms with E-state index in [0.29, 0.717) is 0 Å². The first-order valence-corrected chi connectivity index (χ1v) is 7.08. The van der Waals surface area contributed by atoms with Crippen LogP contribution in [0.3, 0.4) is 0 Å². The molecule has 1 heterocycles. The second-order valence-electron chi connectivity index (χ2n) is 4.65. The molecule has 2 N–H and O–H groups in total. The zero-order valence-electron chi connectivity index (χ0n) is 12.0. The van der Waals surface area contributed by atoms with E-state index in [-0.39, 0.29) is 0 Å². The third-order valence-corrected chi connectivity index (χ3v) is 3.45. The van der Waals surface area contributed by atoms with E-state index in [0.717, 1.165) is 37.7 Å². The van der Waals surface area contributed by atoms with Crippen molar-refractivity contribution in [3.05, 3.63) is 23.5 Å². The molecule has 1 rings (SSSR count). The molecule has 0 spiro atoms. The zero-order chi connectivity index (χ0) is 13.2. The zero-order valence-corrected chi connectivity index (χ0v) is 12.0. The van der Waals surface area contributed by atoms with E-state index >= 15 is 0 Å². The minimum Gasteiger partial charge on any atom is -0.373 e. The molecular weight excluding hydrogens is 222 g/mol. The first-order valence-electron chi connectivity index (χ1n) is 7.08. The molecule has 0 radical (unpaired) electrons. The van der Waals surface area contributed by atoms with Crippen LogP contribution in [-0.4, -0.2) is 26.4 Å². The lowest BCUT2D eigenvalue weighted by atomic mass is 9.88. The molecule has 18 heavy (non-hydrogen) atoms. The maximum absolute atomic E-state index is 4.48. The predicted molar refractivity (Wildman–Crippen MR) is 79.9 cm³/mol. The van der Waals surface area contributed by atoms with E-state index in [1.54, 1.807) is 0 Å². The molecule has 1 aliphatic rings. The highest BCUT2D eigenvalue weighted by Gasteiger charge is 2.15. The summed E-state index contributed by atoms with van der Waals surface area (Å²) < 4.78 is 0. The van der Waals surface area contributed by atoms with Crippen molar-refractivity contribution in [1.29, 1.82) is 0 Å². The highest BCUT2D eigenvalue weighted by atomic mass is 15.0. The minimum absolute atomic E-state index is 0.746. The van der Waals surface area contributed by atoms with Crippen molar-refractivity contribution in [3.63, 3.8) is 0 Å². The van der Waals surface area contributed by atoms with Gasteiger partial charge >= 0.3 is 0 Å². The van der Waals surface area contributed by atoms with Crippen LogP contribution in [-0.2, 0) is 0 Å². The van der Waals surface area contributed by atoms with Crippen molar-refractivity contribution in [2.75, 3.05) is 20.1 Å². The van der Waals surface area contributed by atoms with Crippen LogP contribution in [0.2, 0.25) is 0 Å². The van der Waals surface area contributed by atoms with Crippen molar-refractivity contribution in [2.45, 2.75) is 39.5 Å². The third-order valence-electron chi connectivity index (χ3n) is 3.45. The molecule has 1 aliphatic heterocycles. The number of nitrogens with zero attached hydrogens (tertiary/aromatic N) is 1. The van der Waals surface area contributed by atoms with Gasteiger partial charge in [-0.05, 0) is 51.3 Å². The molecule has 102 valence electrons. The van der Waals surface area contributed by atoms with Crippen molar-refractivity contribution < 1.29 is 0 Å².